The number of halogens is 1. The summed E-state index contributed by atoms with van der Waals surface area (Å²) >= 11 is 3.41. The van der Waals surface area contributed by atoms with Gasteiger partial charge >= 0.3 is 0 Å². The van der Waals surface area contributed by atoms with Crippen LogP contribution in [0.2, 0.25) is 0 Å². The molecule has 0 bridgehead atoms. The van der Waals surface area contributed by atoms with E-state index < -0.39 is 0 Å². The molecule has 0 aliphatic carbocycles. The summed E-state index contributed by atoms with van der Waals surface area (Å²) in [7, 11) is 0. The van der Waals surface area contributed by atoms with Gasteiger partial charge in [0.2, 0.25) is 5.91 Å². The molecule has 3 rings (SSSR count). The summed E-state index contributed by atoms with van der Waals surface area (Å²) in [6, 6.07) is 17.6. The lowest BCUT2D eigenvalue weighted by Crippen LogP contribution is -2.12. The average Bonchev–Trinajstić information content (AvgIpc) is 3.16. The third kappa shape index (κ3) is 4.70. The van der Waals surface area contributed by atoms with E-state index in [9.17, 15) is 9.59 Å². The number of hydrogen-bond acceptors (Lipinski definition) is 3. The lowest BCUT2D eigenvalue weighted by atomic mass is 10.2. The van der Waals surface area contributed by atoms with Gasteiger partial charge in [-0.25, -0.2) is 0 Å². The van der Waals surface area contributed by atoms with Gasteiger partial charge in [-0.05, 0) is 64.5 Å². The number of amides is 2. The predicted octanol–water partition coefficient (Wildman–Crippen LogP) is 4.95. The van der Waals surface area contributed by atoms with Crippen molar-refractivity contribution in [2.45, 2.75) is 0 Å². The largest absolute Gasteiger partial charge is 0.465 e. The zero-order valence-corrected chi connectivity index (χ0v) is 15.2. The number of furan rings is 1. The first-order valence-electron chi connectivity index (χ1n) is 7.80. The Labute approximate surface area is 158 Å². The van der Waals surface area contributed by atoms with Crippen molar-refractivity contribution in [3.63, 3.8) is 0 Å². The molecular weight excluding hydrogens is 396 g/mol. The molecule has 0 spiro atoms. The molecule has 26 heavy (non-hydrogen) atoms. The molecule has 0 fully saturated rings. The van der Waals surface area contributed by atoms with Crippen molar-refractivity contribution in [1.29, 1.82) is 0 Å². The van der Waals surface area contributed by atoms with Crippen LogP contribution in [0.25, 0.3) is 6.08 Å². The van der Waals surface area contributed by atoms with E-state index in [0.29, 0.717) is 27.2 Å². The van der Waals surface area contributed by atoms with Crippen LogP contribution in [0.4, 0.5) is 11.4 Å². The van der Waals surface area contributed by atoms with E-state index in [1.165, 1.54) is 12.3 Å². The van der Waals surface area contributed by atoms with E-state index in [1.54, 1.807) is 60.7 Å². The summed E-state index contributed by atoms with van der Waals surface area (Å²) in [6.07, 6.45) is 4.51. The van der Waals surface area contributed by atoms with Crippen molar-refractivity contribution in [3.8, 4) is 0 Å². The van der Waals surface area contributed by atoms with E-state index in [0.717, 1.165) is 0 Å². The highest BCUT2D eigenvalue weighted by Gasteiger charge is 2.09. The van der Waals surface area contributed by atoms with Crippen molar-refractivity contribution >= 4 is 45.2 Å². The Balaban J connectivity index is 1.64. The number of carbonyl (C=O) groups is 2. The second kappa shape index (κ2) is 8.31. The number of rotatable bonds is 5. The maximum Gasteiger partial charge on any atom is 0.255 e. The van der Waals surface area contributed by atoms with E-state index in [-0.39, 0.29) is 11.8 Å². The average molecular weight is 411 g/mol. The number of hydrogen-bond donors (Lipinski definition) is 2. The van der Waals surface area contributed by atoms with Gasteiger partial charge in [-0.3, -0.25) is 9.59 Å². The van der Waals surface area contributed by atoms with Gasteiger partial charge in [-0.15, -0.1) is 0 Å². The van der Waals surface area contributed by atoms with Gasteiger partial charge in [0, 0.05) is 21.8 Å². The summed E-state index contributed by atoms with van der Waals surface area (Å²) in [5.74, 6) is 0.110. The van der Waals surface area contributed by atoms with E-state index in [1.807, 2.05) is 6.07 Å². The van der Waals surface area contributed by atoms with Gasteiger partial charge in [0.25, 0.3) is 5.91 Å². The van der Waals surface area contributed by atoms with Gasteiger partial charge in [0.15, 0.2) is 0 Å². The highest BCUT2D eigenvalue weighted by atomic mass is 79.9. The molecular formula is C20H15BrN2O3. The summed E-state index contributed by atoms with van der Waals surface area (Å²) in [6.45, 7) is 0. The van der Waals surface area contributed by atoms with Crippen LogP contribution in [0.3, 0.4) is 0 Å². The minimum atomic E-state index is -0.283. The SMILES string of the molecule is O=C(C=Cc1ccco1)Nc1ccc(NC(=O)c2ccccc2)c(Br)c1. The predicted molar refractivity (Wildman–Crippen MR) is 105 cm³/mol. The monoisotopic (exact) mass is 410 g/mol. The fraction of sp³-hybridized carbons (Fsp3) is 0. The van der Waals surface area contributed by atoms with Crippen molar-refractivity contribution in [1.82, 2.24) is 0 Å². The number of benzene rings is 2. The van der Waals surface area contributed by atoms with E-state index in [4.69, 9.17) is 4.42 Å². The molecule has 0 radical (unpaired) electrons. The van der Waals surface area contributed by atoms with Crippen molar-refractivity contribution < 1.29 is 14.0 Å². The summed E-state index contributed by atoms with van der Waals surface area (Å²) < 4.78 is 5.79. The van der Waals surface area contributed by atoms with Crippen molar-refractivity contribution in [2.75, 3.05) is 10.6 Å². The molecule has 1 heterocycles. The molecule has 0 saturated carbocycles. The van der Waals surface area contributed by atoms with Gasteiger partial charge in [-0.1, -0.05) is 18.2 Å². The van der Waals surface area contributed by atoms with Crippen LogP contribution < -0.4 is 10.6 Å². The van der Waals surface area contributed by atoms with Gasteiger partial charge < -0.3 is 15.1 Å². The Hall–Kier alpha value is -3.12. The first kappa shape index (κ1) is 17.7. The Kier molecular flexibility index (Phi) is 5.66. The minimum Gasteiger partial charge on any atom is -0.465 e. The zero-order valence-electron chi connectivity index (χ0n) is 13.6. The Bertz CT molecular complexity index is 935. The quantitative estimate of drug-likeness (QED) is 0.584. The Morgan fingerprint density at radius 2 is 1.77 bits per heavy atom. The highest BCUT2D eigenvalue weighted by molar-refractivity contribution is 9.10. The maximum absolute atomic E-state index is 12.2. The molecule has 6 heteroatoms. The molecule has 2 N–H and O–H groups in total. The molecule has 0 aliphatic rings. The molecule has 130 valence electrons. The van der Waals surface area contributed by atoms with Crippen LogP contribution >= 0.6 is 15.9 Å². The standard InChI is InChI=1S/C20H15BrN2O3/c21-17-13-15(22-19(24)11-9-16-7-4-12-26-16)8-10-18(17)23-20(25)14-5-2-1-3-6-14/h1-13H,(H,22,24)(H,23,25). The molecule has 0 aliphatic heterocycles. The van der Waals surface area contributed by atoms with Gasteiger partial charge in [-0.2, -0.15) is 0 Å². The summed E-state index contributed by atoms with van der Waals surface area (Å²) in [5, 5.41) is 5.57. The first-order valence-corrected chi connectivity index (χ1v) is 8.59. The Morgan fingerprint density at radius 3 is 2.46 bits per heavy atom. The first-order chi connectivity index (χ1) is 12.6. The van der Waals surface area contributed by atoms with E-state index in [2.05, 4.69) is 26.6 Å². The van der Waals surface area contributed by atoms with Gasteiger partial charge in [0.1, 0.15) is 5.76 Å². The zero-order chi connectivity index (χ0) is 18.4. The van der Waals surface area contributed by atoms with Gasteiger partial charge in [0.05, 0.1) is 12.0 Å². The Morgan fingerprint density at radius 1 is 0.962 bits per heavy atom. The summed E-state index contributed by atoms with van der Waals surface area (Å²) in [4.78, 5) is 24.1. The second-order valence-corrected chi connectivity index (χ2v) is 6.21. The third-order valence-electron chi connectivity index (χ3n) is 3.46. The lowest BCUT2D eigenvalue weighted by molar-refractivity contribution is -0.111. The van der Waals surface area contributed by atoms with Crippen molar-refractivity contribution in [2.24, 2.45) is 0 Å². The lowest BCUT2D eigenvalue weighted by Gasteiger charge is -2.09. The minimum absolute atomic E-state index is 0.204. The molecule has 3 aromatic rings. The molecule has 2 aromatic carbocycles. The molecule has 5 nitrogen and oxygen atoms in total. The molecule has 1 aromatic heterocycles. The topological polar surface area (TPSA) is 71.3 Å². The van der Waals surface area contributed by atoms with Crippen LogP contribution in [0.5, 0.6) is 0 Å². The second-order valence-electron chi connectivity index (χ2n) is 5.35. The number of nitrogens with one attached hydrogen (secondary N) is 2. The van der Waals surface area contributed by atoms with Crippen molar-refractivity contribution in [3.05, 3.63) is 88.8 Å². The van der Waals surface area contributed by atoms with Crippen LogP contribution in [0.15, 0.2) is 81.9 Å². The van der Waals surface area contributed by atoms with Crippen LogP contribution in [0.1, 0.15) is 16.1 Å². The normalized spacial score (nSPS) is 10.7. The third-order valence-corrected chi connectivity index (χ3v) is 4.12. The molecule has 2 amide bonds. The fourth-order valence-corrected chi connectivity index (χ4v) is 2.68. The van der Waals surface area contributed by atoms with Crippen LogP contribution in [0, 0.1) is 0 Å². The molecule has 0 saturated heterocycles. The van der Waals surface area contributed by atoms with Crippen LogP contribution in [-0.4, -0.2) is 11.8 Å². The molecule has 0 atom stereocenters. The van der Waals surface area contributed by atoms with E-state index >= 15 is 0 Å². The smallest absolute Gasteiger partial charge is 0.255 e. The highest BCUT2D eigenvalue weighted by Crippen LogP contribution is 2.26. The number of carbonyl (C=O) groups excluding carboxylic acids is 2. The summed E-state index contributed by atoms with van der Waals surface area (Å²) in [5.41, 5.74) is 1.78. The maximum atomic E-state index is 12.2. The van der Waals surface area contributed by atoms with Crippen LogP contribution in [-0.2, 0) is 4.79 Å². The number of anilines is 2. The molecule has 0 unspecified atom stereocenters. The fourth-order valence-electron chi connectivity index (χ4n) is 2.21.